The topological polar surface area (TPSA) is 0 Å². The smallest absolute Gasteiger partial charge is 0.00602 e. The van der Waals surface area contributed by atoms with Gasteiger partial charge in [-0.3, -0.25) is 0 Å². The third-order valence-electron chi connectivity index (χ3n) is 5.21. The van der Waals surface area contributed by atoms with Gasteiger partial charge in [-0.15, -0.1) is 11.5 Å². The average Bonchev–Trinajstić information content (AvgIpc) is 3.38. The molecule has 0 aromatic heterocycles. The molecule has 2 aliphatic carbocycles. The summed E-state index contributed by atoms with van der Waals surface area (Å²) in [4.78, 5) is 0. The summed E-state index contributed by atoms with van der Waals surface area (Å²) in [5, 5.41) is 5.40. The standard InChI is InChI=1S/C26H18/c1-2-10-19(9-1)17-25-21-13-5-7-15-23(21)26(18-20-11-3-4-12-20)24-16-8-6-14-22(24)25/h1-9,11,13-16H,17-18H2. The lowest BCUT2D eigenvalue weighted by molar-refractivity contribution is 1.23. The van der Waals surface area contributed by atoms with E-state index < -0.39 is 0 Å². The number of hydrogen-bond acceptors (Lipinski definition) is 0. The molecular formula is C26H18. The van der Waals surface area contributed by atoms with Gasteiger partial charge in [0.2, 0.25) is 0 Å². The van der Waals surface area contributed by atoms with Crippen molar-refractivity contribution in [2.24, 2.45) is 0 Å². The zero-order valence-corrected chi connectivity index (χ0v) is 14.5. The van der Waals surface area contributed by atoms with Crippen LogP contribution in [0.4, 0.5) is 0 Å². The van der Waals surface area contributed by atoms with Gasteiger partial charge in [0.05, 0.1) is 0 Å². The van der Waals surface area contributed by atoms with Crippen LogP contribution in [0.3, 0.4) is 0 Å². The molecule has 5 rings (SSSR count). The molecule has 122 valence electrons. The molecule has 0 unspecified atom stereocenters. The van der Waals surface area contributed by atoms with Gasteiger partial charge in [-0.2, -0.15) is 0 Å². The molecule has 0 fully saturated rings. The van der Waals surface area contributed by atoms with Crippen molar-refractivity contribution >= 4 is 21.5 Å². The van der Waals surface area contributed by atoms with Crippen LogP contribution >= 0.6 is 0 Å². The van der Waals surface area contributed by atoms with E-state index in [4.69, 9.17) is 0 Å². The molecule has 0 saturated carbocycles. The van der Waals surface area contributed by atoms with Gasteiger partial charge >= 0.3 is 0 Å². The predicted octanol–water partition coefficient (Wildman–Crippen LogP) is 6.38. The van der Waals surface area contributed by atoms with Crippen LogP contribution in [0.5, 0.6) is 0 Å². The predicted molar refractivity (Wildman–Crippen MR) is 110 cm³/mol. The Bertz CT molecular complexity index is 1080. The third-order valence-corrected chi connectivity index (χ3v) is 5.21. The fourth-order valence-corrected chi connectivity index (χ4v) is 4.03. The summed E-state index contributed by atoms with van der Waals surface area (Å²) in [5.41, 5.74) is 12.0. The second-order valence-corrected chi connectivity index (χ2v) is 6.79. The van der Waals surface area contributed by atoms with E-state index in [0.29, 0.717) is 0 Å². The van der Waals surface area contributed by atoms with Gasteiger partial charge in [0, 0.05) is 12.8 Å². The van der Waals surface area contributed by atoms with Crippen molar-refractivity contribution in [2.45, 2.75) is 12.8 Å². The number of benzene rings is 3. The first-order valence-corrected chi connectivity index (χ1v) is 9.06. The van der Waals surface area contributed by atoms with E-state index in [1.54, 1.807) is 0 Å². The molecule has 0 nitrogen and oxygen atoms in total. The highest BCUT2D eigenvalue weighted by Crippen LogP contribution is 2.36. The summed E-state index contributed by atoms with van der Waals surface area (Å²) in [6.07, 6.45) is 14.3. The van der Waals surface area contributed by atoms with Crippen molar-refractivity contribution in [2.75, 3.05) is 0 Å². The van der Waals surface area contributed by atoms with E-state index in [1.165, 1.54) is 43.8 Å². The van der Waals surface area contributed by atoms with Crippen molar-refractivity contribution in [1.29, 1.82) is 0 Å². The Labute approximate surface area is 153 Å². The number of rotatable bonds is 4. The van der Waals surface area contributed by atoms with E-state index in [-0.39, 0.29) is 0 Å². The fourth-order valence-electron chi connectivity index (χ4n) is 4.03. The Morgan fingerprint density at radius 2 is 0.923 bits per heavy atom. The highest BCUT2D eigenvalue weighted by molar-refractivity contribution is 6.06. The Kier molecular flexibility index (Phi) is 3.58. The molecule has 3 aromatic rings. The first kappa shape index (κ1) is 15.0. The average molecular weight is 330 g/mol. The van der Waals surface area contributed by atoms with Gasteiger partial charge in [0.15, 0.2) is 0 Å². The molecule has 3 aromatic carbocycles. The van der Waals surface area contributed by atoms with Crippen molar-refractivity contribution in [3.63, 3.8) is 0 Å². The Balaban J connectivity index is 1.81. The maximum absolute atomic E-state index is 3.36. The van der Waals surface area contributed by atoms with E-state index in [0.717, 1.165) is 12.8 Å². The monoisotopic (exact) mass is 330 g/mol. The minimum Gasteiger partial charge on any atom is -0.117 e. The van der Waals surface area contributed by atoms with Crippen LogP contribution in [0.1, 0.15) is 11.1 Å². The van der Waals surface area contributed by atoms with Crippen LogP contribution in [0.25, 0.3) is 21.5 Å². The van der Waals surface area contributed by atoms with Crippen LogP contribution in [0.15, 0.2) is 108 Å². The second kappa shape index (κ2) is 6.21. The molecule has 0 heteroatoms. The van der Waals surface area contributed by atoms with E-state index in [9.17, 15) is 0 Å². The fraction of sp³-hybridized carbons (Fsp3) is 0.0769. The SMILES string of the molecule is C1=CC=CC=1Cc1c2ccccc2c(CC2=C=CC=C2)c2ccccc12. The lowest BCUT2D eigenvalue weighted by atomic mass is 9.87. The van der Waals surface area contributed by atoms with Crippen molar-refractivity contribution < 1.29 is 0 Å². The zero-order valence-electron chi connectivity index (χ0n) is 14.5. The maximum Gasteiger partial charge on any atom is 0.00602 e. The third kappa shape index (κ3) is 2.50. The van der Waals surface area contributed by atoms with Gasteiger partial charge < -0.3 is 0 Å². The number of allylic oxidation sites excluding steroid dienone is 6. The lowest BCUT2D eigenvalue weighted by Gasteiger charge is -2.17. The molecule has 0 amide bonds. The summed E-state index contributed by atoms with van der Waals surface area (Å²) in [7, 11) is 0. The summed E-state index contributed by atoms with van der Waals surface area (Å²) in [6, 6.07) is 17.6. The molecule has 0 radical (unpaired) electrons. The van der Waals surface area contributed by atoms with Crippen molar-refractivity contribution in [1.82, 2.24) is 0 Å². The molecule has 0 aliphatic heterocycles. The Morgan fingerprint density at radius 1 is 0.538 bits per heavy atom. The lowest BCUT2D eigenvalue weighted by Crippen LogP contribution is -1.98. The van der Waals surface area contributed by atoms with Gasteiger partial charge in [0.25, 0.3) is 0 Å². The molecular weight excluding hydrogens is 312 g/mol. The van der Waals surface area contributed by atoms with E-state index in [2.05, 4.69) is 84.3 Å². The largest absolute Gasteiger partial charge is 0.117 e. The molecule has 0 heterocycles. The van der Waals surface area contributed by atoms with Crippen LogP contribution < -0.4 is 0 Å². The summed E-state index contributed by atoms with van der Waals surface area (Å²) >= 11 is 0. The van der Waals surface area contributed by atoms with Gasteiger partial charge in [-0.25, -0.2) is 0 Å². The van der Waals surface area contributed by atoms with E-state index in [1.807, 2.05) is 12.2 Å². The molecule has 26 heavy (non-hydrogen) atoms. The molecule has 0 N–H and O–H groups in total. The van der Waals surface area contributed by atoms with Gasteiger partial charge in [-0.05, 0) is 56.0 Å². The first-order valence-electron chi connectivity index (χ1n) is 9.06. The van der Waals surface area contributed by atoms with Crippen molar-refractivity contribution in [3.8, 4) is 0 Å². The molecule has 0 atom stereocenters. The quantitative estimate of drug-likeness (QED) is 0.384. The molecule has 0 bridgehead atoms. The second-order valence-electron chi connectivity index (χ2n) is 6.79. The highest BCUT2D eigenvalue weighted by Gasteiger charge is 2.15. The van der Waals surface area contributed by atoms with Gasteiger partial charge in [-0.1, -0.05) is 72.8 Å². The Morgan fingerprint density at radius 3 is 1.23 bits per heavy atom. The van der Waals surface area contributed by atoms with Gasteiger partial charge in [0.1, 0.15) is 0 Å². The first-order chi connectivity index (χ1) is 12.9. The van der Waals surface area contributed by atoms with Crippen LogP contribution in [0.2, 0.25) is 0 Å². The minimum absolute atomic E-state index is 0.914. The molecule has 0 saturated heterocycles. The highest BCUT2D eigenvalue weighted by atomic mass is 14.2. The van der Waals surface area contributed by atoms with Crippen LogP contribution in [-0.2, 0) is 12.8 Å². The van der Waals surface area contributed by atoms with Crippen LogP contribution in [-0.4, -0.2) is 0 Å². The summed E-state index contributed by atoms with van der Waals surface area (Å²) < 4.78 is 0. The molecule has 2 aliphatic rings. The normalized spacial score (nSPS) is 14.6. The summed E-state index contributed by atoms with van der Waals surface area (Å²) in [5.74, 6) is 0. The minimum atomic E-state index is 0.914. The van der Waals surface area contributed by atoms with E-state index >= 15 is 0 Å². The summed E-state index contributed by atoms with van der Waals surface area (Å²) in [6.45, 7) is 0. The zero-order chi connectivity index (χ0) is 17.3. The maximum atomic E-state index is 3.36. The molecule has 0 spiro atoms. The number of fused-ring (bicyclic) bond motifs is 2. The van der Waals surface area contributed by atoms with Crippen LogP contribution in [0, 0.1) is 0 Å². The Hall–Kier alpha value is -3.30. The number of hydrogen-bond donors (Lipinski definition) is 0. The van der Waals surface area contributed by atoms with Crippen molar-refractivity contribution in [3.05, 3.63) is 119 Å².